The van der Waals surface area contributed by atoms with Crippen molar-refractivity contribution in [2.45, 2.75) is 6.92 Å². The highest BCUT2D eigenvalue weighted by Crippen LogP contribution is 2.27. The Bertz CT molecular complexity index is 614. The molecule has 90 valence electrons. The SMILES string of the molecule is Cc1cccc(N(C)c2ccc(F)cc2C#N)c1. The summed E-state index contributed by atoms with van der Waals surface area (Å²) in [7, 11) is 1.86. The molecule has 0 radical (unpaired) electrons. The Balaban J connectivity index is 2.46. The van der Waals surface area contributed by atoms with Gasteiger partial charge in [0, 0.05) is 12.7 Å². The number of aryl methyl sites for hydroxylation is 1. The molecule has 2 rings (SSSR count). The molecule has 0 aliphatic carbocycles. The summed E-state index contributed by atoms with van der Waals surface area (Å²) < 4.78 is 13.1. The van der Waals surface area contributed by atoms with Crippen molar-refractivity contribution in [2.75, 3.05) is 11.9 Å². The molecule has 0 bridgehead atoms. The summed E-state index contributed by atoms with van der Waals surface area (Å²) in [5, 5.41) is 9.05. The average molecular weight is 240 g/mol. The van der Waals surface area contributed by atoms with Gasteiger partial charge in [-0.1, -0.05) is 12.1 Å². The molecule has 0 amide bonds. The molecule has 0 atom stereocenters. The van der Waals surface area contributed by atoms with Crippen LogP contribution < -0.4 is 4.90 Å². The fraction of sp³-hybridized carbons (Fsp3) is 0.133. The summed E-state index contributed by atoms with van der Waals surface area (Å²) >= 11 is 0. The first-order chi connectivity index (χ1) is 8.61. The average Bonchev–Trinajstić information content (AvgIpc) is 2.37. The van der Waals surface area contributed by atoms with Crippen LogP contribution in [0.1, 0.15) is 11.1 Å². The second-order valence-electron chi connectivity index (χ2n) is 4.17. The van der Waals surface area contributed by atoms with E-state index < -0.39 is 5.82 Å². The molecular formula is C15H13FN2. The summed E-state index contributed by atoms with van der Waals surface area (Å²) in [6.45, 7) is 2.01. The van der Waals surface area contributed by atoms with Crippen molar-refractivity contribution in [2.24, 2.45) is 0 Å². The van der Waals surface area contributed by atoms with E-state index in [0.29, 0.717) is 11.3 Å². The highest BCUT2D eigenvalue weighted by molar-refractivity contribution is 5.69. The van der Waals surface area contributed by atoms with Gasteiger partial charge >= 0.3 is 0 Å². The summed E-state index contributed by atoms with van der Waals surface area (Å²) in [6.07, 6.45) is 0. The van der Waals surface area contributed by atoms with Gasteiger partial charge in [0.15, 0.2) is 0 Å². The molecule has 0 heterocycles. The number of rotatable bonds is 2. The molecule has 2 aromatic rings. The van der Waals surface area contributed by atoms with E-state index >= 15 is 0 Å². The van der Waals surface area contributed by atoms with Crippen molar-refractivity contribution in [3.63, 3.8) is 0 Å². The summed E-state index contributed by atoms with van der Waals surface area (Å²) in [5.74, 6) is -0.395. The maximum absolute atomic E-state index is 13.1. The number of halogens is 1. The zero-order valence-electron chi connectivity index (χ0n) is 10.3. The van der Waals surface area contributed by atoms with Gasteiger partial charge in [-0.15, -0.1) is 0 Å². The van der Waals surface area contributed by atoms with Gasteiger partial charge in [-0.3, -0.25) is 0 Å². The number of nitrogens with zero attached hydrogens (tertiary/aromatic N) is 2. The standard InChI is InChI=1S/C15H13FN2/c1-11-4-3-5-14(8-11)18(2)15-7-6-13(16)9-12(15)10-17/h3-9H,1-2H3. The number of benzene rings is 2. The largest absolute Gasteiger partial charge is 0.344 e. The van der Waals surface area contributed by atoms with Crippen molar-refractivity contribution in [1.29, 1.82) is 5.26 Å². The normalized spacial score (nSPS) is 9.89. The lowest BCUT2D eigenvalue weighted by Gasteiger charge is -2.21. The first-order valence-electron chi connectivity index (χ1n) is 5.62. The highest BCUT2D eigenvalue weighted by Gasteiger charge is 2.10. The molecule has 0 aromatic heterocycles. The van der Waals surface area contributed by atoms with Crippen LogP contribution in [0.4, 0.5) is 15.8 Å². The Morgan fingerprint density at radius 2 is 1.94 bits per heavy atom. The molecule has 0 saturated carbocycles. The zero-order chi connectivity index (χ0) is 13.1. The van der Waals surface area contributed by atoms with Gasteiger partial charge in [-0.2, -0.15) is 5.26 Å². The quantitative estimate of drug-likeness (QED) is 0.798. The highest BCUT2D eigenvalue weighted by atomic mass is 19.1. The topological polar surface area (TPSA) is 27.0 Å². The molecule has 0 saturated heterocycles. The minimum atomic E-state index is -0.395. The number of anilines is 2. The summed E-state index contributed by atoms with van der Waals surface area (Å²) in [4.78, 5) is 1.88. The molecule has 2 aromatic carbocycles. The molecule has 0 aliphatic heterocycles. The minimum absolute atomic E-state index is 0.332. The fourth-order valence-corrected chi connectivity index (χ4v) is 1.87. The predicted molar refractivity (Wildman–Crippen MR) is 70.4 cm³/mol. The van der Waals surface area contributed by atoms with Crippen LogP contribution in [0, 0.1) is 24.1 Å². The van der Waals surface area contributed by atoms with Gasteiger partial charge in [0.25, 0.3) is 0 Å². The molecule has 3 heteroatoms. The lowest BCUT2D eigenvalue weighted by Crippen LogP contribution is -2.11. The van der Waals surface area contributed by atoms with E-state index in [1.54, 1.807) is 6.07 Å². The van der Waals surface area contributed by atoms with E-state index in [2.05, 4.69) is 0 Å². The Morgan fingerprint density at radius 3 is 2.61 bits per heavy atom. The van der Waals surface area contributed by atoms with Crippen LogP contribution in [0.3, 0.4) is 0 Å². The van der Waals surface area contributed by atoms with Gasteiger partial charge in [0.2, 0.25) is 0 Å². The Hall–Kier alpha value is -2.34. The number of nitriles is 1. The van der Waals surface area contributed by atoms with E-state index in [0.717, 1.165) is 11.3 Å². The van der Waals surface area contributed by atoms with Crippen molar-refractivity contribution in [3.05, 3.63) is 59.4 Å². The first kappa shape index (κ1) is 12.1. The van der Waals surface area contributed by atoms with Crippen LogP contribution in [0.5, 0.6) is 0 Å². The maximum atomic E-state index is 13.1. The van der Waals surface area contributed by atoms with Crippen molar-refractivity contribution in [1.82, 2.24) is 0 Å². The lowest BCUT2D eigenvalue weighted by molar-refractivity contribution is 0.627. The Morgan fingerprint density at radius 1 is 1.17 bits per heavy atom. The Labute approximate surface area is 106 Å². The molecule has 0 aliphatic rings. The summed E-state index contributed by atoms with van der Waals surface area (Å²) in [6, 6.07) is 14.2. The van der Waals surface area contributed by atoms with Gasteiger partial charge in [-0.25, -0.2) is 4.39 Å². The minimum Gasteiger partial charge on any atom is -0.344 e. The second-order valence-corrected chi connectivity index (χ2v) is 4.17. The van der Waals surface area contributed by atoms with E-state index in [9.17, 15) is 4.39 Å². The Kier molecular flexibility index (Phi) is 3.29. The van der Waals surface area contributed by atoms with Crippen molar-refractivity contribution in [3.8, 4) is 6.07 Å². The van der Waals surface area contributed by atoms with Crippen LogP contribution in [0.25, 0.3) is 0 Å². The molecular weight excluding hydrogens is 227 g/mol. The smallest absolute Gasteiger partial charge is 0.124 e. The predicted octanol–water partition coefficient (Wildman–Crippen LogP) is 3.77. The molecule has 0 N–H and O–H groups in total. The van der Waals surface area contributed by atoms with Crippen LogP contribution in [-0.4, -0.2) is 7.05 Å². The zero-order valence-corrected chi connectivity index (χ0v) is 10.3. The first-order valence-corrected chi connectivity index (χ1v) is 5.62. The van der Waals surface area contributed by atoms with Crippen molar-refractivity contribution >= 4 is 11.4 Å². The second kappa shape index (κ2) is 4.89. The van der Waals surface area contributed by atoms with E-state index in [1.165, 1.54) is 12.1 Å². The lowest BCUT2D eigenvalue weighted by atomic mass is 10.1. The van der Waals surface area contributed by atoms with Crippen LogP contribution in [-0.2, 0) is 0 Å². The van der Waals surface area contributed by atoms with E-state index in [1.807, 2.05) is 49.2 Å². The van der Waals surface area contributed by atoms with Gasteiger partial charge in [0.05, 0.1) is 11.3 Å². The third-order valence-corrected chi connectivity index (χ3v) is 2.83. The van der Waals surface area contributed by atoms with Crippen molar-refractivity contribution < 1.29 is 4.39 Å². The molecule has 0 unspecified atom stereocenters. The fourth-order valence-electron chi connectivity index (χ4n) is 1.87. The molecule has 0 spiro atoms. The monoisotopic (exact) mass is 240 g/mol. The molecule has 18 heavy (non-hydrogen) atoms. The number of hydrogen-bond donors (Lipinski definition) is 0. The summed E-state index contributed by atoms with van der Waals surface area (Å²) in [5.41, 5.74) is 3.14. The van der Waals surface area contributed by atoms with Gasteiger partial charge < -0.3 is 4.90 Å². The molecule has 0 fully saturated rings. The van der Waals surface area contributed by atoms with Crippen LogP contribution >= 0.6 is 0 Å². The van der Waals surface area contributed by atoms with E-state index in [-0.39, 0.29) is 0 Å². The maximum Gasteiger partial charge on any atom is 0.124 e. The number of hydrogen-bond acceptors (Lipinski definition) is 2. The third-order valence-electron chi connectivity index (χ3n) is 2.83. The third kappa shape index (κ3) is 2.33. The van der Waals surface area contributed by atoms with Crippen LogP contribution in [0.15, 0.2) is 42.5 Å². The van der Waals surface area contributed by atoms with Gasteiger partial charge in [-0.05, 0) is 42.8 Å². The van der Waals surface area contributed by atoms with Gasteiger partial charge in [0.1, 0.15) is 11.9 Å². The molecule has 2 nitrogen and oxygen atoms in total. The van der Waals surface area contributed by atoms with Crippen LogP contribution in [0.2, 0.25) is 0 Å². The van der Waals surface area contributed by atoms with E-state index in [4.69, 9.17) is 5.26 Å².